The quantitative estimate of drug-likeness (QED) is 0.496. The van der Waals surface area contributed by atoms with Crippen LogP contribution < -0.4 is 9.47 Å². The molecule has 0 bridgehead atoms. The number of nitrogens with one attached hydrogen (secondary N) is 1. The summed E-state index contributed by atoms with van der Waals surface area (Å²) in [6, 6.07) is 9.16. The Bertz CT molecular complexity index is 1320. The van der Waals surface area contributed by atoms with Gasteiger partial charge in [0.15, 0.2) is 5.52 Å². The highest BCUT2D eigenvalue weighted by molar-refractivity contribution is 5.81. The number of hydrogen-bond donors (Lipinski definition) is 1. The van der Waals surface area contributed by atoms with Gasteiger partial charge in [-0.05, 0) is 45.0 Å². The number of carbonyl (C=O) groups excluding carboxylic acids is 1. The summed E-state index contributed by atoms with van der Waals surface area (Å²) in [6.45, 7) is 6.56. The third kappa shape index (κ3) is 4.64. The van der Waals surface area contributed by atoms with Crippen molar-refractivity contribution in [2.24, 2.45) is 0 Å². The van der Waals surface area contributed by atoms with Crippen molar-refractivity contribution in [2.75, 3.05) is 13.1 Å². The maximum absolute atomic E-state index is 12.3. The highest BCUT2D eigenvalue weighted by Crippen LogP contribution is 2.29. The number of pyridine rings is 1. The zero-order valence-corrected chi connectivity index (χ0v) is 18.6. The number of amides is 1. The lowest BCUT2D eigenvalue weighted by molar-refractivity contribution is 0.0275. The first-order chi connectivity index (χ1) is 15.8. The SMILES string of the molecule is CC(C)(C)OC(=O)N1CC[C@H](Oc2ccc3ncnc(Oc4ccc5[nH]ncc5c4)c3n2)C1. The average molecular weight is 448 g/mol. The predicted octanol–water partition coefficient (Wildman–Crippen LogP) is 4.08. The van der Waals surface area contributed by atoms with E-state index in [-0.39, 0.29) is 12.2 Å². The maximum atomic E-state index is 12.3. The third-order valence-electron chi connectivity index (χ3n) is 5.13. The van der Waals surface area contributed by atoms with Gasteiger partial charge in [-0.15, -0.1) is 0 Å². The molecule has 170 valence electrons. The molecule has 1 aromatic carbocycles. The van der Waals surface area contributed by atoms with Gasteiger partial charge >= 0.3 is 6.09 Å². The van der Waals surface area contributed by atoms with Crippen molar-refractivity contribution in [2.45, 2.75) is 38.9 Å². The van der Waals surface area contributed by atoms with Gasteiger partial charge in [0.05, 0.1) is 23.8 Å². The van der Waals surface area contributed by atoms with E-state index in [1.54, 1.807) is 17.2 Å². The molecule has 5 rings (SSSR count). The molecular weight excluding hydrogens is 424 g/mol. The second-order valence-corrected chi connectivity index (χ2v) is 8.87. The summed E-state index contributed by atoms with van der Waals surface area (Å²) >= 11 is 0. The Hall–Kier alpha value is -3.95. The average Bonchev–Trinajstić information content (AvgIpc) is 3.42. The highest BCUT2D eigenvalue weighted by Gasteiger charge is 2.31. The molecule has 1 amide bonds. The van der Waals surface area contributed by atoms with Crippen molar-refractivity contribution in [1.82, 2.24) is 30.0 Å². The van der Waals surface area contributed by atoms with E-state index in [4.69, 9.17) is 14.2 Å². The third-order valence-corrected chi connectivity index (χ3v) is 5.13. The summed E-state index contributed by atoms with van der Waals surface area (Å²) < 4.78 is 17.5. The molecule has 0 unspecified atom stereocenters. The molecule has 3 aromatic heterocycles. The van der Waals surface area contributed by atoms with Crippen LogP contribution in [0.2, 0.25) is 0 Å². The van der Waals surface area contributed by atoms with E-state index in [1.165, 1.54) is 6.33 Å². The molecule has 33 heavy (non-hydrogen) atoms. The van der Waals surface area contributed by atoms with E-state index < -0.39 is 5.60 Å². The minimum atomic E-state index is -0.533. The number of hydrogen-bond acceptors (Lipinski definition) is 8. The topological polar surface area (TPSA) is 115 Å². The first-order valence-electron chi connectivity index (χ1n) is 10.7. The molecule has 1 N–H and O–H groups in total. The van der Waals surface area contributed by atoms with Crippen LogP contribution in [-0.2, 0) is 4.74 Å². The highest BCUT2D eigenvalue weighted by atomic mass is 16.6. The van der Waals surface area contributed by atoms with E-state index in [9.17, 15) is 4.79 Å². The molecule has 10 heteroatoms. The first-order valence-corrected chi connectivity index (χ1v) is 10.7. The zero-order valence-electron chi connectivity index (χ0n) is 18.6. The Morgan fingerprint density at radius 2 is 2.06 bits per heavy atom. The minimum absolute atomic E-state index is 0.181. The molecule has 0 saturated carbocycles. The van der Waals surface area contributed by atoms with Gasteiger partial charge in [-0.3, -0.25) is 5.10 Å². The van der Waals surface area contributed by atoms with Gasteiger partial charge < -0.3 is 19.1 Å². The second-order valence-electron chi connectivity index (χ2n) is 8.87. The molecule has 10 nitrogen and oxygen atoms in total. The molecule has 4 heterocycles. The van der Waals surface area contributed by atoms with Crippen LogP contribution in [0, 0.1) is 0 Å². The molecule has 0 aliphatic carbocycles. The lowest BCUT2D eigenvalue weighted by Gasteiger charge is -2.24. The van der Waals surface area contributed by atoms with Gasteiger partial charge in [-0.25, -0.2) is 14.8 Å². The molecule has 1 aliphatic rings. The zero-order chi connectivity index (χ0) is 23.0. The summed E-state index contributed by atoms with van der Waals surface area (Å²) in [5, 5.41) is 7.87. The van der Waals surface area contributed by atoms with Crippen molar-refractivity contribution in [3.05, 3.63) is 42.9 Å². The van der Waals surface area contributed by atoms with E-state index in [0.29, 0.717) is 48.1 Å². The monoisotopic (exact) mass is 448 g/mol. The van der Waals surface area contributed by atoms with Crippen molar-refractivity contribution in [1.29, 1.82) is 0 Å². The van der Waals surface area contributed by atoms with Gasteiger partial charge in [0.1, 0.15) is 23.8 Å². The van der Waals surface area contributed by atoms with Gasteiger partial charge in [-0.2, -0.15) is 10.1 Å². The molecule has 0 radical (unpaired) electrons. The number of carbonyl (C=O) groups is 1. The van der Waals surface area contributed by atoms with E-state index in [0.717, 1.165) is 10.9 Å². The van der Waals surface area contributed by atoms with Gasteiger partial charge in [0.25, 0.3) is 0 Å². The predicted molar refractivity (Wildman–Crippen MR) is 120 cm³/mol. The summed E-state index contributed by atoms with van der Waals surface area (Å²) in [5.41, 5.74) is 1.51. The van der Waals surface area contributed by atoms with Gasteiger partial charge in [0.2, 0.25) is 11.8 Å². The minimum Gasteiger partial charge on any atom is -0.472 e. The normalized spacial score (nSPS) is 16.3. The van der Waals surface area contributed by atoms with Crippen molar-refractivity contribution in [3.8, 4) is 17.5 Å². The number of likely N-dealkylation sites (tertiary alicyclic amines) is 1. The first kappa shape index (κ1) is 20.9. The van der Waals surface area contributed by atoms with Crippen LogP contribution in [0.5, 0.6) is 17.5 Å². The lowest BCUT2D eigenvalue weighted by Crippen LogP contribution is -2.36. The fraction of sp³-hybridized carbons (Fsp3) is 0.348. The Balaban J connectivity index is 1.32. The number of rotatable bonds is 4. The summed E-state index contributed by atoms with van der Waals surface area (Å²) in [7, 11) is 0. The summed E-state index contributed by atoms with van der Waals surface area (Å²) in [5.74, 6) is 1.36. The molecule has 1 saturated heterocycles. The summed E-state index contributed by atoms with van der Waals surface area (Å²) in [4.78, 5) is 27.1. The van der Waals surface area contributed by atoms with Crippen LogP contribution in [0.1, 0.15) is 27.2 Å². The number of ether oxygens (including phenoxy) is 3. The molecule has 1 aliphatic heterocycles. The number of H-pyrrole nitrogens is 1. The molecule has 0 spiro atoms. The smallest absolute Gasteiger partial charge is 0.410 e. The number of nitrogens with zero attached hydrogens (tertiary/aromatic N) is 5. The van der Waals surface area contributed by atoms with E-state index in [2.05, 4.69) is 25.1 Å². The van der Waals surface area contributed by atoms with Crippen molar-refractivity contribution >= 4 is 28.0 Å². The standard InChI is InChI=1S/C23H24N6O4/c1-23(2,3)33-22(30)29-9-8-16(12-29)31-19-7-6-18-20(27-19)21(25-13-24-18)32-15-4-5-17-14(10-15)11-26-28-17/h4-7,10-11,13,16H,8-9,12H2,1-3H3,(H,26,28)/t16-/m0/s1. The Labute approximate surface area is 189 Å². The second kappa shape index (κ2) is 8.19. The van der Waals surface area contributed by atoms with Gasteiger partial charge in [-0.1, -0.05) is 0 Å². The number of aromatic amines is 1. The molecule has 1 atom stereocenters. The van der Waals surface area contributed by atoms with Crippen LogP contribution in [-0.4, -0.2) is 60.9 Å². The van der Waals surface area contributed by atoms with Crippen LogP contribution >= 0.6 is 0 Å². The fourth-order valence-electron chi connectivity index (χ4n) is 3.62. The van der Waals surface area contributed by atoms with E-state index in [1.807, 2.05) is 45.0 Å². The largest absolute Gasteiger partial charge is 0.472 e. The van der Waals surface area contributed by atoms with Crippen LogP contribution in [0.15, 0.2) is 42.9 Å². The molecule has 4 aromatic rings. The van der Waals surface area contributed by atoms with Crippen LogP contribution in [0.25, 0.3) is 21.9 Å². The van der Waals surface area contributed by atoms with Crippen LogP contribution in [0.3, 0.4) is 0 Å². The van der Waals surface area contributed by atoms with Gasteiger partial charge in [0, 0.05) is 24.4 Å². The summed E-state index contributed by atoms with van der Waals surface area (Å²) in [6.07, 6.45) is 3.34. The Morgan fingerprint density at radius 3 is 2.91 bits per heavy atom. The maximum Gasteiger partial charge on any atom is 0.410 e. The number of fused-ring (bicyclic) bond motifs is 2. The van der Waals surface area contributed by atoms with Crippen molar-refractivity contribution in [3.63, 3.8) is 0 Å². The number of aromatic nitrogens is 5. The number of benzene rings is 1. The molecule has 1 fully saturated rings. The Morgan fingerprint density at radius 1 is 1.18 bits per heavy atom. The molecular formula is C23H24N6O4. The van der Waals surface area contributed by atoms with E-state index >= 15 is 0 Å². The lowest BCUT2D eigenvalue weighted by atomic mass is 10.2. The fourth-order valence-corrected chi connectivity index (χ4v) is 3.62. The Kier molecular flexibility index (Phi) is 5.20. The van der Waals surface area contributed by atoms with Crippen molar-refractivity contribution < 1.29 is 19.0 Å². The van der Waals surface area contributed by atoms with Crippen LogP contribution in [0.4, 0.5) is 4.79 Å².